The van der Waals surface area contributed by atoms with Crippen molar-refractivity contribution in [1.29, 1.82) is 0 Å². The Morgan fingerprint density at radius 1 is 0.964 bits per heavy atom. The highest BCUT2D eigenvalue weighted by molar-refractivity contribution is 14.1. The third kappa shape index (κ3) is 4.48. The van der Waals surface area contributed by atoms with E-state index in [1.165, 1.54) is 3.57 Å². The van der Waals surface area contributed by atoms with E-state index in [4.69, 9.17) is 9.47 Å². The van der Waals surface area contributed by atoms with Crippen molar-refractivity contribution in [3.05, 3.63) is 105 Å². The van der Waals surface area contributed by atoms with E-state index in [0.717, 1.165) is 22.4 Å². The molecular weight excluding hydrogens is 465 g/mol. The Morgan fingerprint density at radius 3 is 2.54 bits per heavy atom. The van der Waals surface area contributed by atoms with Crippen LogP contribution in [0.4, 0.5) is 0 Å². The molecule has 0 aliphatic carbocycles. The van der Waals surface area contributed by atoms with Crippen molar-refractivity contribution in [2.24, 2.45) is 4.99 Å². The lowest BCUT2D eigenvalue weighted by molar-refractivity contribution is -0.129. The summed E-state index contributed by atoms with van der Waals surface area (Å²) in [6.07, 6.45) is 1.70. The van der Waals surface area contributed by atoms with Crippen LogP contribution >= 0.6 is 22.6 Å². The molecular formula is C23H16INO3. The molecule has 3 aromatic carbocycles. The quantitative estimate of drug-likeness (QED) is 0.286. The largest absolute Gasteiger partial charge is 0.489 e. The highest BCUT2D eigenvalue weighted by Gasteiger charge is 2.23. The Kier molecular flexibility index (Phi) is 5.53. The van der Waals surface area contributed by atoms with Gasteiger partial charge in [-0.05, 0) is 76.2 Å². The average Bonchev–Trinajstić information content (AvgIpc) is 3.09. The molecule has 1 aliphatic heterocycles. The minimum absolute atomic E-state index is 0.272. The van der Waals surface area contributed by atoms with Crippen molar-refractivity contribution in [2.75, 3.05) is 0 Å². The van der Waals surface area contributed by atoms with E-state index in [9.17, 15) is 4.79 Å². The number of carbonyl (C=O) groups excluding carboxylic acids is 1. The SMILES string of the molecule is O=C1OC(c2ccccc2)=NC1=Cc1cccc(OCc2ccc(I)cc2)c1. The molecule has 1 aliphatic rings. The fraction of sp³-hybridized carbons (Fsp3) is 0.0435. The zero-order chi connectivity index (χ0) is 19.3. The van der Waals surface area contributed by atoms with Crippen LogP contribution in [-0.2, 0) is 16.1 Å². The van der Waals surface area contributed by atoms with Crippen molar-refractivity contribution in [3.8, 4) is 5.75 Å². The molecule has 0 saturated carbocycles. The topological polar surface area (TPSA) is 47.9 Å². The summed E-state index contributed by atoms with van der Waals surface area (Å²) in [6.45, 7) is 0.481. The summed E-state index contributed by atoms with van der Waals surface area (Å²) >= 11 is 2.28. The number of esters is 1. The monoisotopic (exact) mass is 481 g/mol. The van der Waals surface area contributed by atoms with Gasteiger partial charge in [-0.2, -0.15) is 0 Å². The number of cyclic esters (lactones) is 1. The highest BCUT2D eigenvalue weighted by Crippen LogP contribution is 2.22. The zero-order valence-corrected chi connectivity index (χ0v) is 17.0. The van der Waals surface area contributed by atoms with Crippen molar-refractivity contribution < 1.29 is 14.3 Å². The van der Waals surface area contributed by atoms with Crippen LogP contribution in [-0.4, -0.2) is 11.9 Å². The molecule has 4 nitrogen and oxygen atoms in total. The summed E-state index contributed by atoms with van der Waals surface area (Å²) in [6, 6.07) is 25.1. The molecule has 5 heteroatoms. The number of rotatable bonds is 5. The van der Waals surface area contributed by atoms with Crippen molar-refractivity contribution in [3.63, 3.8) is 0 Å². The van der Waals surface area contributed by atoms with E-state index >= 15 is 0 Å². The Bertz CT molecular complexity index is 1060. The van der Waals surface area contributed by atoms with Gasteiger partial charge in [0, 0.05) is 9.13 Å². The second-order valence-corrected chi connectivity index (χ2v) is 7.44. The summed E-state index contributed by atoms with van der Waals surface area (Å²) in [5, 5.41) is 0. The molecule has 28 heavy (non-hydrogen) atoms. The molecule has 138 valence electrons. The number of nitrogens with zero attached hydrogens (tertiary/aromatic N) is 1. The van der Waals surface area contributed by atoms with E-state index < -0.39 is 5.97 Å². The summed E-state index contributed by atoms with van der Waals surface area (Å²) in [5.41, 5.74) is 2.97. The predicted molar refractivity (Wildman–Crippen MR) is 117 cm³/mol. The van der Waals surface area contributed by atoms with Gasteiger partial charge in [0.2, 0.25) is 5.90 Å². The van der Waals surface area contributed by atoms with Crippen LogP contribution in [0.15, 0.2) is 89.6 Å². The number of hydrogen-bond donors (Lipinski definition) is 0. The van der Waals surface area contributed by atoms with Crippen LogP contribution in [0.1, 0.15) is 16.7 Å². The van der Waals surface area contributed by atoms with Gasteiger partial charge >= 0.3 is 5.97 Å². The van der Waals surface area contributed by atoms with Gasteiger partial charge in [0.1, 0.15) is 12.4 Å². The second-order valence-electron chi connectivity index (χ2n) is 6.19. The molecule has 0 unspecified atom stereocenters. The smallest absolute Gasteiger partial charge is 0.363 e. The van der Waals surface area contributed by atoms with Crippen LogP contribution in [0.3, 0.4) is 0 Å². The lowest BCUT2D eigenvalue weighted by Crippen LogP contribution is -2.04. The Hall–Kier alpha value is -2.93. The Labute approximate surface area is 176 Å². The number of aliphatic imine (C=N–C) groups is 1. The molecule has 0 radical (unpaired) electrons. The van der Waals surface area contributed by atoms with E-state index in [1.54, 1.807) is 6.08 Å². The standard InChI is InChI=1S/C23H16INO3/c24-19-11-9-16(10-12-19)15-27-20-8-4-5-17(13-20)14-21-23(26)28-22(25-21)18-6-2-1-3-7-18/h1-14H,15H2. The Balaban J connectivity index is 1.50. The normalized spacial score (nSPS) is 14.7. The van der Waals surface area contributed by atoms with Gasteiger partial charge in [0.15, 0.2) is 5.70 Å². The second kappa shape index (κ2) is 8.39. The first kappa shape index (κ1) is 18.4. The molecule has 0 aromatic heterocycles. The van der Waals surface area contributed by atoms with Gasteiger partial charge in [0.05, 0.1) is 0 Å². The maximum absolute atomic E-state index is 12.1. The van der Waals surface area contributed by atoms with Gasteiger partial charge in [0.25, 0.3) is 0 Å². The lowest BCUT2D eigenvalue weighted by atomic mass is 10.2. The minimum Gasteiger partial charge on any atom is -0.489 e. The number of ether oxygens (including phenoxy) is 2. The summed E-state index contributed by atoms with van der Waals surface area (Å²) in [7, 11) is 0. The zero-order valence-electron chi connectivity index (χ0n) is 14.8. The molecule has 4 rings (SSSR count). The molecule has 0 spiro atoms. The molecule has 0 fully saturated rings. The van der Waals surface area contributed by atoms with Crippen molar-refractivity contribution in [1.82, 2.24) is 0 Å². The fourth-order valence-electron chi connectivity index (χ4n) is 2.71. The van der Waals surface area contributed by atoms with E-state index in [0.29, 0.717) is 12.5 Å². The van der Waals surface area contributed by atoms with Crippen molar-refractivity contribution >= 4 is 40.5 Å². The van der Waals surface area contributed by atoms with E-state index in [1.807, 2.05) is 78.9 Å². The summed E-state index contributed by atoms with van der Waals surface area (Å²) in [4.78, 5) is 16.5. The van der Waals surface area contributed by atoms with Crippen LogP contribution in [0, 0.1) is 3.57 Å². The lowest BCUT2D eigenvalue weighted by Gasteiger charge is -2.07. The molecule has 0 bridgehead atoms. The number of benzene rings is 3. The average molecular weight is 481 g/mol. The van der Waals surface area contributed by atoms with Crippen LogP contribution in [0.2, 0.25) is 0 Å². The Morgan fingerprint density at radius 2 is 1.75 bits per heavy atom. The van der Waals surface area contributed by atoms with E-state index in [-0.39, 0.29) is 5.70 Å². The van der Waals surface area contributed by atoms with Crippen LogP contribution < -0.4 is 4.74 Å². The molecule has 0 N–H and O–H groups in total. The highest BCUT2D eigenvalue weighted by atomic mass is 127. The minimum atomic E-state index is -0.455. The molecule has 0 saturated heterocycles. The number of hydrogen-bond acceptors (Lipinski definition) is 4. The third-order valence-electron chi connectivity index (χ3n) is 4.12. The van der Waals surface area contributed by atoms with Crippen molar-refractivity contribution in [2.45, 2.75) is 6.61 Å². The van der Waals surface area contributed by atoms with Crippen LogP contribution in [0.5, 0.6) is 5.75 Å². The van der Waals surface area contributed by atoms with Gasteiger partial charge in [-0.3, -0.25) is 0 Å². The molecule has 3 aromatic rings. The molecule has 0 amide bonds. The van der Waals surface area contributed by atoms with Gasteiger partial charge in [-0.25, -0.2) is 9.79 Å². The molecule has 1 heterocycles. The maximum atomic E-state index is 12.1. The third-order valence-corrected chi connectivity index (χ3v) is 4.84. The first-order valence-electron chi connectivity index (χ1n) is 8.73. The summed E-state index contributed by atoms with van der Waals surface area (Å²) < 4.78 is 12.3. The van der Waals surface area contributed by atoms with E-state index in [2.05, 4.69) is 27.6 Å². The van der Waals surface area contributed by atoms with Gasteiger partial charge < -0.3 is 9.47 Å². The predicted octanol–water partition coefficient (Wildman–Crippen LogP) is 5.21. The number of halogens is 1. The molecule has 0 atom stereocenters. The van der Waals surface area contributed by atoms with Gasteiger partial charge in [-0.1, -0.05) is 42.5 Å². The maximum Gasteiger partial charge on any atom is 0.363 e. The summed E-state index contributed by atoms with van der Waals surface area (Å²) in [5.74, 6) is 0.596. The van der Waals surface area contributed by atoms with Crippen LogP contribution in [0.25, 0.3) is 6.08 Å². The first-order chi connectivity index (χ1) is 13.7. The van der Waals surface area contributed by atoms with Gasteiger partial charge in [-0.15, -0.1) is 0 Å². The first-order valence-corrected chi connectivity index (χ1v) is 9.80. The number of carbonyl (C=O) groups is 1. The fourth-order valence-corrected chi connectivity index (χ4v) is 3.07.